The van der Waals surface area contributed by atoms with Crippen LogP contribution in [0.1, 0.15) is 6.92 Å². The Hall–Kier alpha value is -0.300. The van der Waals surface area contributed by atoms with Crippen molar-refractivity contribution >= 4 is 0 Å². The number of nitrogens with zero attached hydrogens (tertiary/aromatic N) is 1. The number of hydrogen-bond acceptors (Lipinski definition) is 0. The zero-order chi connectivity index (χ0) is 5.65. The summed E-state index contributed by atoms with van der Waals surface area (Å²) in [5.74, 6) is 0. The lowest BCUT2D eigenvalue weighted by molar-refractivity contribution is -0.748. The summed E-state index contributed by atoms with van der Waals surface area (Å²) >= 11 is 0. The van der Waals surface area contributed by atoms with Gasteiger partial charge in [-0.05, 0) is 13.5 Å². The predicted molar refractivity (Wildman–Crippen MR) is 30.7 cm³/mol. The van der Waals surface area contributed by atoms with E-state index in [-0.39, 0.29) is 0 Å². The Bertz CT molecular complexity index is 113. The molecule has 1 heteroatoms. The van der Waals surface area contributed by atoms with Gasteiger partial charge in [-0.1, -0.05) is 0 Å². The molecule has 0 aromatic carbocycles. The molecule has 1 heterocycles. The molecule has 0 aliphatic carbocycles. The smallest absolute Gasteiger partial charge is 0.164 e. The molecule has 1 atom stereocenters. The molecule has 1 saturated heterocycles. The zero-order valence-corrected chi connectivity index (χ0v) is 5.23. The lowest BCUT2D eigenvalue weighted by atomic mass is 10.5. The second-order valence-electron chi connectivity index (χ2n) is 2.71. The van der Waals surface area contributed by atoms with Crippen LogP contribution >= 0.6 is 0 Å². The average molecular weight is 98.2 g/mol. The van der Waals surface area contributed by atoms with Crippen molar-refractivity contribution in [3.8, 4) is 0 Å². The molecule has 1 aliphatic heterocycles. The van der Waals surface area contributed by atoms with E-state index in [1.54, 1.807) is 0 Å². The minimum atomic E-state index is 0.708. The first-order valence-corrected chi connectivity index (χ1v) is 2.60. The predicted octanol–water partition coefficient (Wildman–Crippen LogP) is 0.979. The summed E-state index contributed by atoms with van der Waals surface area (Å²) in [7, 11) is 4.35. The Morgan fingerprint density at radius 3 is 1.71 bits per heavy atom. The van der Waals surface area contributed by atoms with Gasteiger partial charge in [-0.2, -0.15) is 0 Å². The first kappa shape index (κ1) is 4.85. The van der Waals surface area contributed by atoms with Gasteiger partial charge in [0, 0.05) is 0 Å². The van der Waals surface area contributed by atoms with E-state index < -0.39 is 0 Å². The molecule has 0 spiro atoms. The van der Waals surface area contributed by atoms with Crippen molar-refractivity contribution < 1.29 is 4.48 Å². The molecular formula is C6H12N+. The fraction of sp³-hybridized carbons (Fsp3) is 0.667. The minimum absolute atomic E-state index is 0.708. The summed E-state index contributed by atoms with van der Waals surface area (Å²) < 4.78 is 1.03. The molecule has 0 N–H and O–H groups in total. The van der Waals surface area contributed by atoms with Crippen LogP contribution in [-0.4, -0.2) is 24.6 Å². The molecule has 0 saturated carbocycles. The van der Waals surface area contributed by atoms with E-state index in [1.807, 2.05) is 0 Å². The standard InChI is InChI=1S/C6H12N/c1-5-6(2)7(5,3)4/h6H,1H2,2-4H3/q+1. The number of rotatable bonds is 0. The van der Waals surface area contributed by atoms with Crippen molar-refractivity contribution in [2.24, 2.45) is 0 Å². The van der Waals surface area contributed by atoms with Crippen LogP contribution in [0, 0.1) is 0 Å². The molecule has 40 valence electrons. The van der Waals surface area contributed by atoms with Gasteiger partial charge in [0.15, 0.2) is 11.7 Å². The van der Waals surface area contributed by atoms with E-state index >= 15 is 0 Å². The largest absolute Gasteiger partial charge is 0.285 e. The molecule has 7 heavy (non-hydrogen) atoms. The van der Waals surface area contributed by atoms with Gasteiger partial charge in [0.2, 0.25) is 0 Å². The molecule has 1 aliphatic rings. The maximum atomic E-state index is 3.87. The summed E-state index contributed by atoms with van der Waals surface area (Å²) in [6.07, 6.45) is 0. The van der Waals surface area contributed by atoms with Crippen LogP contribution in [0.2, 0.25) is 0 Å². The summed E-state index contributed by atoms with van der Waals surface area (Å²) in [6.45, 7) is 6.07. The second-order valence-corrected chi connectivity index (χ2v) is 2.71. The highest BCUT2D eigenvalue weighted by atomic mass is 15.5. The van der Waals surface area contributed by atoms with Gasteiger partial charge < -0.3 is 0 Å². The minimum Gasteiger partial charge on any atom is -0.285 e. The van der Waals surface area contributed by atoms with E-state index in [1.165, 1.54) is 5.70 Å². The Balaban J connectivity index is 2.70. The fourth-order valence-corrected chi connectivity index (χ4v) is 0.768. The van der Waals surface area contributed by atoms with Crippen molar-refractivity contribution in [2.75, 3.05) is 14.1 Å². The molecule has 1 nitrogen and oxygen atoms in total. The lowest BCUT2D eigenvalue weighted by Gasteiger charge is -1.98. The number of quaternary nitrogens is 1. The van der Waals surface area contributed by atoms with Crippen LogP contribution in [-0.2, 0) is 0 Å². The summed E-state index contributed by atoms with van der Waals surface area (Å²) in [6, 6.07) is 0.708. The molecular weight excluding hydrogens is 86.1 g/mol. The molecule has 0 radical (unpaired) electrons. The number of hydrogen-bond donors (Lipinski definition) is 0. The molecule has 0 bridgehead atoms. The van der Waals surface area contributed by atoms with Crippen molar-refractivity contribution in [1.29, 1.82) is 0 Å². The van der Waals surface area contributed by atoms with Gasteiger partial charge in [-0.25, -0.2) is 0 Å². The van der Waals surface area contributed by atoms with Crippen molar-refractivity contribution in [2.45, 2.75) is 13.0 Å². The van der Waals surface area contributed by atoms with E-state index in [0.29, 0.717) is 6.04 Å². The Labute approximate surface area is 44.8 Å². The monoisotopic (exact) mass is 98.1 g/mol. The van der Waals surface area contributed by atoms with Crippen LogP contribution in [0.4, 0.5) is 0 Å². The zero-order valence-electron chi connectivity index (χ0n) is 5.23. The van der Waals surface area contributed by atoms with E-state index in [4.69, 9.17) is 0 Å². The SMILES string of the molecule is C=C1C(C)[N+]1(C)C. The highest BCUT2D eigenvalue weighted by molar-refractivity contribution is 5.05. The molecule has 1 fully saturated rings. The summed E-state index contributed by atoms with van der Waals surface area (Å²) in [4.78, 5) is 0. The van der Waals surface area contributed by atoms with Crippen LogP contribution < -0.4 is 0 Å². The second kappa shape index (κ2) is 0.920. The topological polar surface area (TPSA) is 0 Å². The highest BCUT2D eigenvalue weighted by Crippen LogP contribution is 2.36. The van der Waals surface area contributed by atoms with E-state index in [0.717, 1.165) is 4.48 Å². The fourth-order valence-electron chi connectivity index (χ4n) is 0.768. The molecule has 0 amide bonds. The Kier molecular flexibility index (Phi) is 0.637. The van der Waals surface area contributed by atoms with Gasteiger partial charge in [0.25, 0.3) is 0 Å². The first-order valence-electron chi connectivity index (χ1n) is 2.60. The third-order valence-corrected chi connectivity index (χ3v) is 2.12. The molecule has 0 aromatic heterocycles. The number of likely N-dealkylation sites (N-methyl/N-ethyl adjacent to an activating group) is 1. The van der Waals surface area contributed by atoms with Crippen molar-refractivity contribution in [3.05, 3.63) is 12.3 Å². The van der Waals surface area contributed by atoms with Gasteiger partial charge in [0.1, 0.15) is 0 Å². The first-order chi connectivity index (χ1) is 3.07. The van der Waals surface area contributed by atoms with E-state index in [9.17, 15) is 0 Å². The molecule has 0 aromatic rings. The highest BCUT2D eigenvalue weighted by Gasteiger charge is 2.49. The quantitative estimate of drug-likeness (QED) is 0.313. The Morgan fingerprint density at radius 1 is 1.57 bits per heavy atom. The Morgan fingerprint density at radius 2 is 1.71 bits per heavy atom. The third kappa shape index (κ3) is 0.416. The van der Waals surface area contributed by atoms with Crippen LogP contribution in [0.25, 0.3) is 0 Å². The maximum Gasteiger partial charge on any atom is 0.164 e. The van der Waals surface area contributed by atoms with Crippen LogP contribution in [0.15, 0.2) is 12.3 Å². The molecule has 1 unspecified atom stereocenters. The van der Waals surface area contributed by atoms with Crippen LogP contribution in [0.3, 0.4) is 0 Å². The maximum absolute atomic E-state index is 3.87. The molecule has 1 rings (SSSR count). The lowest BCUT2D eigenvalue weighted by Crippen LogP contribution is -2.13. The normalized spacial score (nSPS) is 35.9. The van der Waals surface area contributed by atoms with Gasteiger partial charge in [-0.15, -0.1) is 0 Å². The van der Waals surface area contributed by atoms with Gasteiger partial charge >= 0.3 is 0 Å². The van der Waals surface area contributed by atoms with E-state index in [2.05, 4.69) is 27.6 Å². The van der Waals surface area contributed by atoms with Crippen molar-refractivity contribution in [1.82, 2.24) is 0 Å². The van der Waals surface area contributed by atoms with Gasteiger partial charge in [-0.3, -0.25) is 4.48 Å². The van der Waals surface area contributed by atoms with Crippen LogP contribution in [0.5, 0.6) is 0 Å². The third-order valence-electron chi connectivity index (χ3n) is 2.12. The van der Waals surface area contributed by atoms with Gasteiger partial charge in [0.05, 0.1) is 14.1 Å². The van der Waals surface area contributed by atoms with Crippen molar-refractivity contribution in [3.63, 3.8) is 0 Å². The average Bonchev–Trinajstić information content (AvgIpc) is 1.91. The summed E-state index contributed by atoms with van der Waals surface area (Å²) in [5.41, 5.74) is 1.35. The summed E-state index contributed by atoms with van der Waals surface area (Å²) in [5, 5.41) is 0.